The van der Waals surface area contributed by atoms with Crippen LogP contribution in [0, 0.1) is 6.92 Å². The largest absolute Gasteiger partial charge is 0.460 e. The Kier molecular flexibility index (Phi) is 4.31. The number of anilines is 1. The van der Waals surface area contributed by atoms with E-state index in [-0.39, 0.29) is 6.10 Å². The molecule has 0 bridgehead atoms. The third-order valence-electron chi connectivity index (χ3n) is 4.17. The summed E-state index contributed by atoms with van der Waals surface area (Å²) < 4.78 is 7.70. The lowest BCUT2D eigenvalue weighted by Gasteiger charge is -2.30. The predicted octanol–water partition coefficient (Wildman–Crippen LogP) is 2.08. The minimum atomic E-state index is 0.134. The van der Waals surface area contributed by atoms with E-state index in [0.717, 1.165) is 47.2 Å². The number of hydrogen-bond acceptors (Lipinski definition) is 8. The first-order chi connectivity index (χ1) is 12.2. The van der Waals surface area contributed by atoms with Gasteiger partial charge in [-0.3, -0.25) is 4.68 Å². The molecule has 0 saturated carbocycles. The molecule has 0 atom stereocenters. The molecule has 4 rings (SSSR count). The molecule has 1 saturated heterocycles. The van der Waals surface area contributed by atoms with Crippen LogP contribution in [0.25, 0.3) is 11.1 Å². The zero-order valence-electron chi connectivity index (χ0n) is 14.2. The Labute approximate surface area is 149 Å². The van der Waals surface area contributed by atoms with Crippen LogP contribution >= 0.6 is 11.3 Å². The van der Waals surface area contributed by atoms with E-state index >= 15 is 0 Å². The molecule has 9 heteroatoms. The molecule has 0 aliphatic carbocycles. The normalized spacial score (nSPS) is 15.5. The number of ether oxygens (including phenoxy) is 1. The smallest absolute Gasteiger partial charge is 0.316 e. The van der Waals surface area contributed by atoms with Crippen molar-refractivity contribution in [2.24, 2.45) is 7.05 Å². The van der Waals surface area contributed by atoms with Crippen LogP contribution < -0.4 is 9.64 Å². The molecule has 3 aromatic rings. The van der Waals surface area contributed by atoms with E-state index < -0.39 is 0 Å². The first-order valence-corrected chi connectivity index (χ1v) is 9.02. The average molecular weight is 357 g/mol. The second-order valence-corrected chi connectivity index (χ2v) is 7.23. The molecule has 1 fully saturated rings. The number of hydrogen-bond donors (Lipinski definition) is 0. The Bertz CT molecular complexity index is 836. The standard InChI is InChI=1S/C16H19N7OS/c1-11-20-21-16(25-11)23-5-3-14(4-6-23)24-15-17-7-12(8-18-15)13-9-19-22(2)10-13/h7-10,14H,3-6H2,1-2H3. The van der Waals surface area contributed by atoms with Gasteiger partial charge in [0.05, 0.1) is 6.20 Å². The summed E-state index contributed by atoms with van der Waals surface area (Å²) in [4.78, 5) is 10.9. The first kappa shape index (κ1) is 15.9. The molecule has 8 nitrogen and oxygen atoms in total. The van der Waals surface area contributed by atoms with Crippen molar-refractivity contribution < 1.29 is 4.74 Å². The van der Waals surface area contributed by atoms with Gasteiger partial charge in [-0.25, -0.2) is 9.97 Å². The van der Waals surface area contributed by atoms with Gasteiger partial charge in [0.2, 0.25) is 5.13 Å². The van der Waals surface area contributed by atoms with Crippen LogP contribution in [0.15, 0.2) is 24.8 Å². The molecule has 130 valence electrons. The van der Waals surface area contributed by atoms with Crippen LogP contribution in [0.4, 0.5) is 5.13 Å². The average Bonchev–Trinajstić information content (AvgIpc) is 3.25. The zero-order chi connectivity index (χ0) is 17.2. The van der Waals surface area contributed by atoms with Crippen LogP contribution in [0.3, 0.4) is 0 Å². The molecule has 0 amide bonds. The lowest BCUT2D eigenvalue weighted by molar-refractivity contribution is 0.156. The van der Waals surface area contributed by atoms with Crippen LogP contribution in [0.2, 0.25) is 0 Å². The minimum absolute atomic E-state index is 0.134. The van der Waals surface area contributed by atoms with Crippen molar-refractivity contribution in [2.75, 3.05) is 18.0 Å². The fourth-order valence-electron chi connectivity index (χ4n) is 2.82. The van der Waals surface area contributed by atoms with Crippen molar-refractivity contribution in [3.05, 3.63) is 29.8 Å². The Morgan fingerprint density at radius 1 is 1.08 bits per heavy atom. The Morgan fingerprint density at radius 2 is 1.84 bits per heavy atom. The molecular weight excluding hydrogens is 338 g/mol. The SMILES string of the molecule is Cc1nnc(N2CCC(Oc3ncc(-c4cnn(C)c4)cn3)CC2)s1. The topological polar surface area (TPSA) is 81.9 Å². The Balaban J connectivity index is 1.34. The van der Waals surface area contributed by atoms with Gasteiger partial charge >= 0.3 is 6.01 Å². The monoisotopic (exact) mass is 357 g/mol. The summed E-state index contributed by atoms with van der Waals surface area (Å²) in [6.07, 6.45) is 9.26. The van der Waals surface area contributed by atoms with E-state index in [2.05, 4.69) is 30.2 Å². The molecule has 4 heterocycles. The van der Waals surface area contributed by atoms with Gasteiger partial charge in [0.1, 0.15) is 11.1 Å². The maximum Gasteiger partial charge on any atom is 0.316 e. The van der Waals surface area contributed by atoms with E-state index in [9.17, 15) is 0 Å². The van der Waals surface area contributed by atoms with Crippen molar-refractivity contribution >= 4 is 16.5 Å². The highest BCUT2D eigenvalue weighted by molar-refractivity contribution is 7.15. The summed E-state index contributed by atoms with van der Waals surface area (Å²) >= 11 is 1.63. The molecule has 3 aromatic heterocycles. The highest BCUT2D eigenvalue weighted by Gasteiger charge is 2.23. The van der Waals surface area contributed by atoms with Gasteiger partial charge in [0, 0.05) is 62.7 Å². The Hall–Kier alpha value is -2.55. The van der Waals surface area contributed by atoms with Crippen molar-refractivity contribution in [3.63, 3.8) is 0 Å². The van der Waals surface area contributed by atoms with E-state index in [1.54, 1.807) is 34.6 Å². The molecule has 0 spiro atoms. The van der Waals surface area contributed by atoms with Gasteiger partial charge in [-0.1, -0.05) is 11.3 Å². The van der Waals surface area contributed by atoms with E-state index in [0.29, 0.717) is 6.01 Å². The molecule has 0 radical (unpaired) electrons. The molecule has 0 unspecified atom stereocenters. The summed E-state index contributed by atoms with van der Waals surface area (Å²) in [7, 11) is 1.89. The summed E-state index contributed by atoms with van der Waals surface area (Å²) in [6.45, 7) is 3.80. The highest BCUT2D eigenvalue weighted by Crippen LogP contribution is 2.25. The third kappa shape index (κ3) is 3.60. The molecular formula is C16H19N7OS. The lowest BCUT2D eigenvalue weighted by atomic mass is 10.1. The third-order valence-corrected chi connectivity index (χ3v) is 5.07. The van der Waals surface area contributed by atoms with Gasteiger partial charge in [-0.2, -0.15) is 5.10 Å². The number of rotatable bonds is 4. The van der Waals surface area contributed by atoms with E-state index in [1.807, 2.05) is 20.2 Å². The van der Waals surface area contributed by atoms with Gasteiger partial charge in [-0.05, 0) is 6.92 Å². The summed E-state index contributed by atoms with van der Waals surface area (Å²) in [5.74, 6) is 0. The van der Waals surface area contributed by atoms with Gasteiger partial charge in [-0.15, -0.1) is 10.2 Å². The fourth-order valence-corrected chi connectivity index (χ4v) is 3.56. The van der Waals surface area contributed by atoms with E-state index in [4.69, 9.17) is 4.74 Å². The maximum absolute atomic E-state index is 5.94. The highest BCUT2D eigenvalue weighted by atomic mass is 32.1. The number of piperidine rings is 1. The van der Waals surface area contributed by atoms with Crippen LogP contribution in [-0.4, -0.2) is 49.1 Å². The van der Waals surface area contributed by atoms with Crippen LogP contribution in [0.1, 0.15) is 17.8 Å². The van der Waals surface area contributed by atoms with Crippen LogP contribution in [-0.2, 0) is 7.05 Å². The van der Waals surface area contributed by atoms with E-state index in [1.165, 1.54) is 0 Å². The molecule has 0 aromatic carbocycles. The van der Waals surface area contributed by atoms with Crippen molar-refractivity contribution in [3.8, 4) is 17.1 Å². The van der Waals surface area contributed by atoms with Crippen molar-refractivity contribution in [2.45, 2.75) is 25.9 Å². The van der Waals surface area contributed by atoms with Gasteiger partial charge in [0.15, 0.2) is 0 Å². The first-order valence-electron chi connectivity index (χ1n) is 8.20. The second kappa shape index (κ2) is 6.75. The van der Waals surface area contributed by atoms with Crippen molar-refractivity contribution in [1.29, 1.82) is 0 Å². The molecule has 25 heavy (non-hydrogen) atoms. The minimum Gasteiger partial charge on any atom is -0.460 e. The van der Waals surface area contributed by atoms with Gasteiger partial charge in [0.25, 0.3) is 0 Å². The quantitative estimate of drug-likeness (QED) is 0.707. The second-order valence-electron chi connectivity index (χ2n) is 6.06. The predicted molar refractivity (Wildman–Crippen MR) is 94.7 cm³/mol. The summed E-state index contributed by atoms with van der Waals surface area (Å²) in [6, 6.07) is 0.429. The van der Waals surface area contributed by atoms with Gasteiger partial charge < -0.3 is 9.64 Å². The molecule has 1 aliphatic rings. The van der Waals surface area contributed by atoms with Crippen molar-refractivity contribution in [1.82, 2.24) is 29.9 Å². The number of aromatic nitrogens is 6. The number of nitrogens with zero attached hydrogens (tertiary/aromatic N) is 7. The fraction of sp³-hybridized carbons (Fsp3) is 0.438. The summed E-state index contributed by atoms with van der Waals surface area (Å²) in [5, 5.41) is 14.4. The molecule has 0 N–H and O–H groups in total. The Morgan fingerprint density at radius 3 is 2.44 bits per heavy atom. The zero-order valence-corrected chi connectivity index (χ0v) is 15.0. The summed E-state index contributed by atoms with van der Waals surface area (Å²) in [5.41, 5.74) is 1.93. The maximum atomic E-state index is 5.94. The lowest BCUT2D eigenvalue weighted by Crippen LogP contribution is -2.38. The number of aryl methyl sites for hydroxylation is 2. The molecule has 1 aliphatic heterocycles. The van der Waals surface area contributed by atoms with Crippen LogP contribution in [0.5, 0.6) is 6.01 Å².